The van der Waals surface area contributed by atoms with Crippen LogP contribution in [0.25, 0.3) is 11.0 Å². The number of nitrogens with one attached hydrogen (secondary N) is 1. The normalized spacial score (nSPS) is 14.1. The summed E-state index contributed by atoms with van der Waals surface area (Å²) in [5.41, 5.74) is 4.12. The van der Waals surface area contributed by atoms with Crippen LogP contribution in [0.5, 0.6) is 5.75 Å². The van der Waals surface area contributed by atoms with Crippen molar-refractivity contribution in [3.8, 4) is 5.75 Å². The Balaban J connectivity index is 1.40. The highest BCUT2D eigenvalue weighted by Gasteiger charge is 2.20. The molecule has 0 aliphatic carbocycles. The molecule has 2 aromatic carbocycles. The summed E-state index contributed by atoms with van der Waals surface area (Å²) in [5, 5.41) is 3.83. The molecular weight excluding hydrogens is 340 g/mol. The molecule has 0 bridgehead atoms. The Morgan fingerprint density at radius 1 is 1.22 bits per heavy atom. The zero-order valence-electron chi connectivity index (χ0n) is 15.7. The van der Waals surface area contributed by atoms with Crippen molar-refractivity contribution in [2.24, 2.45) is 0 Å². The second-order valence-corrected chi connectivity index (χ2v) is 6.95. The first kappa shape index (κ1) is 17.6. The highest BCUT2D eigenvalue weighted by molar-refractivity contribution is 6.07. The predicted octanol–water partition coefficient (Wildman–Crippen LogP) is 3.54. The minimum absolute atomic E-state index is 0.100. The van der Waals surface area contributed by atoms with Gasteiger partial charge in [-0.25, -0.2) is 0 Å². The molecule has 1 amide bonds. The lowest BCUT2D eigenvalue weighted by Gasteiger charge is -2.28. The van der Waals surface area contributed by atoms with Crippen molar-refractivity contribution in [2.45, 2.75) is 19.9 Å². The lowest BCUT2D eigenvalue weighted by atomic mass is 10.00. The number of ether oxygens (including phenoxy) is 1. The van der Waals surface area contributed by atoms with E-state index in [0.717, 1.165) is 31.4 Å². The first-order valence-electron chi connectivity index (χ1n) is 9.30. The summed E-state index contributed by atoms with van der Waals surface area (Å²) in [4.78, 5) is 15.1. The van der Waals surface area contributed by atoms with Crippen LogP contribution >= 0.6 is 0 Å². The van der Waals surface area contributed by atoms with Gasteiger partial charge in [-0.05, 0) is 42.7 Å². The summed E-state index contributed by atoms with van der Waals surface area (Å²) < 4.78 is 11.0. The van der Waals surface area contributed by atoms with Crippen molar-refractivity contribution in [1.29, 1.82) is 0 Å². The molecule has 3 aromatic rings. The second kappa shape index (κ2) is 7.45. The highest BCUT2D eigenvalue weighted by Crippen LogP contribution is 2.29. The predicted molar refractivity (Wildman–Crippen MR) is 105 cm³/mol. The fourth-order valence-corrected chi connectivity index (χ4v) is 3.77. The molecule has 0 spiro atoms. The molecule has 0 atom stereocenters. The van der Waals surface area contributed by atoms with E-state index < -0.39 is 0 Å². The first-order valence-corrected chi connectivity index (χ1v) is 9.30. The topological polar surface area (TPSA) is 54.7 Å². The van der Waals surface area contributed by atoms with Crippen LogP contribution in [0.3, 0.4) is 0 Å². The number of hydrogen-bond acceptors (Lipinski definition) is 4. The lowest BCUT2D eigenvalue weighted by Crippen LogP contribution is -2.37. The molecule has 4 rings (SSSR count). The van der Waals surface area contributed by atoms with E-state index in [1.54, 1.807) is 7.11 Å². The van der Waals surface area contributed by atoms with Crippen LogP contribution in [0.2, 0.25) is 0 Å². The van der Waals surface area contributed by atoms with Gasteiger partial charge in [0.1, 0.15) is 17.1 Å². The van der Waals surface area contributed by atoms with Crippen LogP contribution < -0.4 is 10.1 Å². The summed E-state index contributed by atoms with van der Waals surface area (Å²) in [7, 11) is 1.62. The molecule has 0 fully saturated rings. The van der Waals surface area contributed by atoms with Crippen LogP contribution in [0, 0.1) is 6.92 Å². The molecule has 5 heteroatoms. The summed E-state index contributed by atoms with van der Waals surface area (Å²) in [6, 6.07) is 14.1. The molecule has 2 heterocycles. The van der Waals surface area contributed by atoms with Crippen LogP contribution in [0.4, 0.5) is 0 Å². The van der Waals surface area contributed by atoms with Crippen molar-refractivity contribution in [1.82, 2.24) is 10.2 Å². The number of hydrogen-bond donors (Lipinski definition) is 1. The van der Waals surface area contributed by atoms with Gasteiger partial charge in [0.25, 0.3) is 5.91 Å². The van der Waals surface area contributed by atoms with Crippen molar-refractivity contribution < 1.29 is 13.9 Å². The van der Waals surface area contributed by atoms with E-state index in [2.05, 4.69) is 34.5 Å². The van der Waals surface area contributed by atoms with Crippen molar-refractivity contribution >= 4 is 16.9 Å². The van der Waals surface area contributed by atoms with E-state index >= 15 is 0 Å². The summed E-state index contributed by atoms with van der Waals surface area (Å²) in [5.74, 6) is 1.24. The zero-order valence-corrected chi connectivity index (χ0v) is 15.7. The maximum absolute atomic E-state index is 12.7. The smallest absolute Gasteiger partial charge is 0.255 e. The van der Waals surface area contributed by atoms with Crippen molar-refractivity contribution in [3.63, 3.8) is 0 Å². The summed E-state index contributed by atoms with van der Waals surface area (Å²) in [6.07, 6.45) is 1.06. The Morgan fingerprint density at radius 2 is 2.04 bits per heavy atom. The number of furan rings is 1. The number of carbonyl (C=O) groups excluding carboxylic acids is 1. The summed E-state index contributed by atoms with van der Waals surface area (Å²) in [6.45, 7) is 5.23. The van der Waals surface area contributed by atoms with E-state index in [1.807, 2.05) is 25.1 Å². The molecule has 0 unspecified atom stereocenters. The van der Waals surface area contributed by atoms with E-state index in [4.69, 9.17) is 9.15 Å². The third kappa shape index (κ3) is 3.55. The molecule has 1 aromatic heterocycles. The fraction of sp³-hybridized carbons (Fsp3) is 0.318. The minimum atomic E-state index is -0.100. The van der Waals surface area contributed by atoms with Gasteiger partial charge < -0.3 is 14.5 Å². The molecule has 0 radical (unpaired) electrons. The Labute approximate surface area is 158 Å². The number of benzene rings is 2. The van der Waals surface area contributed by atoms with Crippen molar-refractivity contribution in [3.05, 3.63) is 64.9 Å². The van der Waals surface area contributed by atoms with Gasteiger partial charge >= 0.3 is 0 Å². The van der Waals surface area contributed by atoms with Crippen LogP contribution in [-0.4, -0.2) is 37.6 Å². The third-order valence-electron chi connectivity index (χ3n) is 5.22. The highest BCUT2D eigenvalue weighted by atomic mass is 16.5. The molecular formula is C22H24N2O3. The average molecular weight is 364 g/mol. The number of amides is 1. The molecule has 140 valence electrons. The molecule has 1 aliphatic heterocycles. The number of aryl methyl sites for hydroxylation is 1. The number of nitrogens with zero attached hydrogens (tertiary/aromatic N) is 1. The quantitative estimate of drug-likeness (QED) is 0.752. The molecule has 1 N–H and O–H groups in total. The largest absolute Gasteiger partial charge is 0.497 e. The fourth-order valence-electron chi connectivity index (χ4n) is 3.77. The maximum atomic E-state index is 12.7. The van der Waals surface area contributed by atoms with Gasteiger partial charge in [-0.3, -0.25) is 9.69 Å². The van der Waals surface area contributed by atoms with Gasteiger partial charge in [-0.2, -0.15) is 0 Å². The van der Waals surface area contributed by atoms with Crippen molar-refractivity contribution in [2.75, 3.05) is 26.7 Å². The van der Waals surface area contributed by atoms with Gasteiger partial charge in [-0.15, -0.1) is 0 Å². The molecule has 27 heavy (non-hydrogen) atoms. The molecule has 5 nitrogen and oxygen atoms in total. The standard InChI is InChI=1S/C22H24N2O3/c1-15-21(19-13-18(26-2)7-8-20(19)27-15)22(25)23-10-12-24-11-9-16-5-3-4-6-17(16)14-24/h3-8,13H,9-12,14H2,1-2H3,(H,23,25). The Bertz CT molecular complexity index is 977. The number of carbonyl (C=O) groups is 1. The SMILES string of the molecule is COc1ccc2oc(C)c(C(=O)NCCN3CCc4ccccc4C3)c2c1. The Morgan fingerprint density at radius 3 is 2.85 bits per heavy atom. The van der Waals surface area contributed by atoms with Crippen LogP contribution in [-0.2, 0) is 13.0 Å². The van der Waals surface area contributed by atoms with Crippen LogP contribution in [0.1, 0.15) is 27.2 Å². The average Bonchev–Trinajstić information content (AvgIpc) is 3.02. The van der Waals surface area contributed by atoms with Gasteiger partial charge in [0, 0.05) is 31.6 Å². The van der Waals surface area contributed by atoms with Gasteiger partial charge in [0.2, 0.25) is 0 Å². The van der Waals surface area contributed by atoms with Crippen LogP contribution in [0.15, 0.2) is 46.9 Å². The number of rotatable bonds is 5. The Hall–Kier alpha value is -2.79. The van der Waals surface area contributed by atoms with Gasteiger partial charge in [0.05, 0.1) is 12.7 Å². The lowest BCUT2D eigenvalue weighted by molar-refractivity contribution is 0.0947. The molecule has 0 saturated carbocycles. The van der Waals surface area contributed by atoms with E-state index in [-0.39, 0.29) is 5.91 Å². The number of methoxy groups -OCH3 is 1. The van der Waals surface area contributed by atoms with E-state index in [0.29, 0.717) is 29.2 Å². The molecule has 1 aliphatic rings. The van der Waals surface area contributed by atoms with Gasteiger partial charge in [0.15, 0.2) is 0 Å². The molecule has 0 saturated heterocycles. The third-order valence-corrected chi connectivity index (χ3v) is 5.22. The second-order valence-electron chi connectivity index (χ2n) is 6.95. The first-order chi connectivity index (χ1) is 13.2. The minimum Gasteiger partial charge on any atom is -0.497 e. The van der Waals surface area contributed by atoms with E-state index in [1.165, 1.54) is 11.1 Å². The zero-order chi connectivity index (χ0) is 18.8. The van der Waals surface area contributed by atoms with E-state index in [9.17, 15) is 4.79 Å². The maximum Gasteiger partial charge on any atom is 0.255 e. The van der Waals surface area contributed by atoms with Gasteiger partial charge in [-0.1, -0.05) is 24.3 Å². The Kier molecular flexibility index (Phi) is 4.86. The monoisotopic (exact) mass is 364 g/mol. The number of fused-ring (bicyclic) bond motifs is 2. The summed E-state index contributed by atoms with van der Waals surface area (Å²) >= 11 is 0.